The fraction of sp³-hybridized carbons (Fsp3) is 0.900. The van der Waals surface area contributed by atoms with Gasteiger partial charge in [0.15, 0.2) is 0 Å². The molecule has 0 fully saturated rings. The van der Waals surface area contributed by atoms with Gasteiger partial charge in [-0.05, 0) is 33.6 Å². The van der Waals surface area contributed by atoms with E-state index in [1.165, 1.54) is 0 Å². The van der Waals surface area contributed by atoms with Gasteiger partial charge in [-0.3, -0.25) is 4.79 Å². The van der Waals surface area contributed by atoms with E-state index in [4.69, 9.17) is 10.5 Å². The van der Waals surface area contributed by atoms with Crippen molar-refractivity contribution in [2.45, 2.75) is 45.8 Å². The van der Waals surface area contributed by atoms with Gasteiger partial charge in [-0.1, -0.05) is 0 Å². The zero-order valence-corrected chi connectivity index (χ0v) is 9.38. The van der Waals surface area contributed by atoms with Gasteiger partial charge in [0.1, 0.15) is 0 Å². The standard InChI is InChI=1S/C10H22N2O2/c1-8(2)14-7-5-4-6-12-10(13)9(3)11/h8-9H,4-7,11H2,1-3H3,(H,12,13)/t9-/m0/s1. The lowest BCUT2D eigenvalue weighted by Crippen LogP contribution is -2.38. The Kier molecular flexibility index (Phi) is 7.42. The molecule has 1 atom stereocenters. The molecule has 0 aliphatic rings. The Bertz CT molecular complexity index is 158. The van der Waals surface area contributed by atoms with Gasteiger partial charge in [-0.25, -0.2) is 0 Å². The summed E-state index contributed by atoms with van der Waals surface area (Å²) in [6, 6.07) is -0.415. The zero-order chi connectivity index (χ0) is 11.0. The fourth-order valence-corrected chi connectivity index (χ4v) is 0.919. The molecular weight excluding hydrogens is 180 g/mol. The van der Waals surface area contributed by atoms with Gasteiger partial charge in [0, 0.05) is 13.2 Å². The molecular formula is C10H22N2O2. The van der Waals surface area contributed by atoms with E-state index >= 15 is 0 Å². The number of unbranched alkanes of at least 4 members (excludes halogenated alkanes) is 1. The maximum atomic E-state index is 11.0. The van der Waals surface area contributed by atoms with Crippen LogP contribution in [-0.4, -0.2) is 31.2 Å². The summed E-state index contributed by atoms with van der Waals surface area (Å²) >= 11 is 0. The van der Waals surface area contributed by atoms with Crippen LogP contribution in [0.2, 0.25) is 0 Å². The third-order valence-electron chi connectivity index (χ3n) is 1.74. The first-order chi connectivity index (χ1) is 6.54. The lowest BCUT2D eigenvalue weighted by Gasteiger charge is -2.09. The van der Waals surface area contributed by atoms with Crippen molar-refractivity contribution in [1.82, 2.24) is 5.32 Å². The van der Waals surface area contributed by atoms with Gasteiger partial charge in [0.25, 0.3) is 0 Å². The quantitative estimate of drug-likeness (QED) is 0.596. The average molecular weight is 202 g/mol. The van der Waals surface area contributed by atoms with E-state index in [1.807, 2.05) is 13.8 Å². The minimum atomic E-state index is -0.415. The maximum absolute atomic E-state index is 11.0. The van der Waals surface area contributed by atoms with Crippen LogP contribution in [0.4, 0.5) is 0 Å². The lowest BCUT2D eigenvalue weighted by atomic mass is 10.3. The van der Waals surface area contributed by atoms with Crippen LogP contribution in [0.15, 0.2) is 0 Å². The van der Waals surface area contributed by atoms with Crippen LogP contribution < -0.4 is 11.1 Å². The summed E-state index contributed by atoms with van der Waals surface area (Å²) in [5, 5.41) is 2.75. The molecule has 0 radical (unpaired) electrons. The Labute approximate surface area is 86.2 Å². The molecule has 4 heteroatoms. The van der Waals surface area contributed by atoms with Crippen LogP contribution in [0.5, 0.6) is 0 Å². The Balaban J connectivity index is 3.18. The van der Waals surface area contributed by atoms with Crippen molar-refractivity contribution in [3.05, 3.63) is 0 Å². The van der Waals surface area contributed by atoms with Gasteiger partial charge < -0.3 is 15.8 Å². The molecule has 0 saturated heterocycles. The summed E-state index contributed by atoms with van der Waals surface area (Å²) in [5.74, 6) is -0.0882. The number of nitrogens with two attached hydrogens (primary N) is 1. The van der Waals surface area contributed by atoms with Crippen molar-refractivity contribution in [3.63, 3.8) is 0 Å². The molecule has 0 spiro atoms. The first-order valence-electron chi connectivity index (χ1n) is 5.19. The molecule has 0 aliphatic carbocycles. The van der Waals surface area contributed by atoms with Crippen molar-refractivity contribution in [3.8, 4) is 0 Å². The molecule has 0 aromatic rings. The van der Waals surface area contributed by atoms with Crippen LogP contribution in [0.3, 0.4) is 0 Å². The molecule has 14 heavy (non-hydrogen) atoms. The molecule has 1 amide bonds. The summed E-state index contributed by atoms with van der Waals surface area (Å²) in [7, 11) is 0. The number of hydrogen-bond acceptors (Lipinski definition) is 3. The van der Waals surface area contributed by atoms with Crippen molar-refractivity contribution < 1.29 is 9.53 Å². The van der Waals surface area contributed by atoms with Crippen molar-refractivity contribution >= 4 is 5.91 Å². The molecule has 0 unspecified atom stereocenters. The minimum Gasteiger partial charge on any atom is -0.379 e. The maximum Gasteiger partial charge on any atom is 0.236 e. The molecule has 0 saturated carbocycles. The van der Waals surface area contributed by atoms with E-state index in [2.05, 4.69) is 5.32 Å². The summed E-state index contributed by atoms with van der Waals surface area (Å²) in [6.45, 7) is 7.14. The molecule has 0 heterocycles. The Morgan fingerprint density at radius 3 is 2.50 bits per heavy atom. The fourth-order valence-electron chi connectivity index (χ4n) is 0.919. The predicted molar refractivity (Wildman–Crippen MR) is 57.0 cm³/mol. The van der Waals surface area contributed by atoms with Gasteiger partial charge in [0.05, 0.1) is 12.1 Å². The Morgan fingerprint density at radius 2 is 2.00 bits per heavy atom. The molecule has 0 aromatic heterocycles. The van der Waals surface area contributed by atoms with E-state index < -0.39 is 6.04 Å². The highest BCUT2D eigenvalue weighted by Gasteiger charge is 2.04. The SMILES string of the molecule is CC(C)OCCCCNC(=O)[C@H](C)N. The van der Waals surface area contributed by atoms with E-state index in [9.17, 15) is 4.79 Å². The molecule has 4 nitrogen and oxygen atoms in total. The predicted octanol–water partition coefficient (Wildman–Crippen LogP) is 0.655. The summed E-state index contributed by atoms with van der Waals surface area (Å²) < 4.78 is 5.36. The van der Waals surface area contributed by atoms with Gasteiger partial charge in [0.2, 0.25) is 5.91 Å². The van der Waals surface area contributed by atoms with Crippen LogP contribution in [0.1, 0.15) is 33.6 Å². The minimum absolute atomic E-state index is 0.0882. The first-order valence-corrected chi connectivity index (χ1v) is 5.19. The highest BCUT2D eigenvalue weighted by Crippen LogP contribution is 1.93. The smallest absolute Gasteiger partial charge is 0.236 e. The van der Waals surface area contributed by atoms with Crippen molar-refractivity contribution in [2.24, 2.45) is 5.73 Å². The van der Waals surface area contributed by atoms with E-state index in [-0.39, 0.29) is 12.0 Å². The molecule has 0 aliphatic heterocycles. The highest BCUT2D eigenvalue weighted by molar-refractivity contribution is 5.80. The largest absolute Gasteiger partial charge is 0.379 e. The van der Waals surface area contributed by atoms with E-state index in [1.54, 1.807) is 6.92 Å². The topological polar surface area (TPSA) is 64.3 Å². The van der Waals surface area contributed by atoms with Crippen LogP contribution >= 0.6 is 0 Å². The number of carbonyl (C=O) groups is 1. The van der Waals surface area contributed by atoms with Crippen molar-refractivity contribution in [2.75, 3.05) is 13.2 Å². The summed E-state index contributed by atoms with van der Waals surface area (Å²) in [4.78, 5) is 11.0. The Morgan fingerprint density at radius 1 is 1.36 bits per heavy atom. The van der Waals surface area contributed by atoms with Crippen LogP contribution in [0, 0.1) is 0 Å². The molecule has 0 bridgehead atoms. The number of rotatable bonds is 7. The third-order valence-corrected chi connectivity index (χ3v) is 1.74. The first kappa shape index (κ1) is 13.4. The number of carbonyl (C=O) groups excluding carboxylic acids is 1. The second-order valence-corrected chi connectivity index (χ2v) is 3.71. The van der Waals surface area contributed by atoms with Crippen LogP contribution in [-0.2, 0) is 9.53 Å². The number of hydrogen-bond donors (Lipinski definition) is 2. The lowest BCUT2D eigenvalue weighted by molar-refractivity contribution is -0.122. The number of ether oxygens (including phenoxy) is 1. The van der Waals surface area contributed by atoms with Crippen molar-refractivity contribution in [1.29, 1.82) is 0 Å². The third kappa shape index (κ3) is 8.01. The van der Waals surface area contributed by atoms with Crippen LogP contribution in [0.25, 0.3) is 0 Å². The van der Waals surface area contributed by atoms with E-state index in [0.29, 0.717) is 6.54 Å². The molecule has 3 N–H and O–H groups in total. The summed E-state index contributed by atoms with van der Waals surface area (Å²) in [5.41, 5.74) is 5.38. The zero-order valence-electron chi connectivity index (χ0n) is 9.38. The van der Waals surface area contributed by atoms with E-state index in [0.717, 1.165) is 19.4 Å². The second-order valence-electron chi connectivity index (χ2n) is 3.71. The molecule has 84 valence electrons. The monoisotopic (exact) mass is 202 g/mol. The average Bonchev–Trinajstić information content (AvgIpc) is 2.09. The summed E-state index contributed by atoms with van der Waals surface area (Å²) in [6.07, 6.45) is 2.19. The van der Waals surface area contributed by atoms with Gasteiger partial charge in [-0.2, -0.15) is 0 Å². The normalized spacial score (nSPS) is 12.9. The van der Waals surface area contributed by atoms with Gasteiger partial charge in [-0.15, -0.1) is 0 Å². The number of nitrogens with one attached hydrogen (secondary N) is 1. The van der Waals surface area contributed by atoms with Gasteiger partial charge >= 0.3 is 0 Å². The second kappa shape index (κ2) is 7.76. The molecule has 0 aromatic carbocycles. The number of amides is 1. The Hall–Kier alpha value is -0.610. The highest BCUT2D eigenvalue weighted by atomic mass is 16.5. The molecule has 0 rings (SSSR count).